The van der Waals surface area contributed by atoms with Gasteiger partial charge in [-0.3, -0.25) is 4.79 Å². The average molecular weight is 575 g/mol. The zero-order chi connectivity index (χ0) is 16.7. The molecule has 1 spiro atoms. The maximum absolute atomic E-state index is 12.0. The van der Waals surface area contributed by atoms with Gasteiger partial charge in [-0.1, -0.05) is 139 Å². The predicted octanol–water partition coefficient (Wildman–Crippen LogP) is 14.3. The average Bonchev–Trinajstić information content (AvgIpc) is 2.63. The van der Waals surface area contributed by atoms with Crippen LogP contribution in [0.2, 0.25) is 0 Å². The van der Waals surface area contributed by atoms with Gasteiger partial charge in [-0.05, 0) is 86.5 Å². The highest BCUT2D eigenvalue weighted by molar-refractivity contribution is 5.75. The summed E-state index contributed by atoms with van der Waals surface area (Å²) in [7, 11) is 0. The summed E-state index contributed by atoms with van der Waals surface area (Å²) in [6, 6.07) is 0. The van der Waals surface area contributed by atoms with Gasteiger partial charge in [0.25, 0.3) is 0 Å². The smallest absolute Gasteiger partial charge is 0.309 e. The number of rotatable bonds is 1. The van der Waals surface area contributed by atoms with Crippen LogP contribution in [0.1, 0.15) is 190 Å². The van der Waals surface area contributed by atoms with Gasteiger partial charge >= 0.3 is 5.97 Å². The molecule has 3 nitrogen and oxygen atoms in total. The molecule has 256 valence electrons. The number of hydrogen-bond acceptors (Lipinski definition) is 2. The van der Waals surface area contributed by atoms with Gasteiger partial charge in [0.05, 0.1) is 11.0 Å². The predicted molar refractivity (Wildman–Crippen MR) is 197 cm³/mol. The number of carbonyl (C=O) groups is 1. The van der Waals surface area contributed by atoms with Crippen LogP contribution in [0.3, 0.4) is 0 Å². The molecule has 0 aromatic rings. The van der Waals surface area contributed by atoms with Crippen LogP contribution in [0.15, 0.2) is 12.2 Å². The Morgan fingerprint density at radius 3 is 1.51 bits per heavy atom. The van der Waals surface area contributed by atoms with Crippen molar-refractivity contribution in [3.63, 3.8) is 0 Å². The second-order valence-electron chi connectivity index (χ2n) is 9.62. The van der Waals surface area contributed by atoms with Crippen molar-refractivity contribution in [2.24, 2.45) is 28.1 Å². The van der Waals surface area contributed by atoms with Crippen molar-refractivity contribution in [2.45, 2.75) is 196 Å². The molecule has 39 heavy (non-hydrogen) atoms. The van der Waals surface area contributed by atoms with Gasteiger partial charge < -0.3 is 10.2 Å². The van der Waals surface area contributed by atoms with Crippen LogP contribution in [0.5, 0.6) is 0 Å². The van der Waals surface area contributed by atoms with Gasteiger partial charge in [-0.25, -0.2) is 0 Å². The zero-order valence-corrected chi connectivity index (χ0v) is 14.5. The van der Waals surface area contributed by atoms with E-state index in [1.807, 2.05) is 6.92 Å². The minimum Gasteiger partial charge on any atom is -0.481 e. The minimum atomic E-state index is -0.634. The highest BCUT2D eigenvalue weighted by atomic mass is 16.4. The van der Waals surface area contributed by atoms with Gasteiger partial charge in [0.1, 0.15) is 0 Å². The summed E-state index contributed by atoms with van der Waals surface area (Å²) in [5.74, 6) is 0.219. The van der Waals surface area contributed by atoms with E-state index in [2.05, 4.69) is 13.5 Å². The molecule has 0 amide bonds. The molecule has 0 heterocycles. The monoisotopic (exact) mass is 575 g/mol. The van der Waals surface area contributed by atoms with Gasteiger partial charge in [0, 0.05) is 0 Å². The molecular formula is C36H94O3. The molecule has 0 radical (unpaired) electrons. The van der Waals surface area contributed by atoms with Crippen molar-refractivity contribution < 1.29 is 15.0 Å². The normalized spacial score (nSPS) is 32.5. The Balaban J connectivity index is -0.0000000384. The molecule has 3 heteroatoms. The quantitative estimate of drug-likeness (QED) is 0.306. The minimum absolute atomic E-state index is 0. The molecule has 0 aromatic carbocycles. The summed E-state index contributed by atoms with van der Waals surface area (Å²) in [5, 5.41) is 20.8. The van der Waals surface area contributed by atoms with E-state index in [4.69, 9.17) is 0 Å². The molecule has 6 atom stereocenters. The topological polar surface area (TPSA) is 57.5 Å². The maximum atomic E-state index is 12.0. The van der Waals surface area contributed by atoms with Crippen molar-refractivity contribution in [2.75, 3.05) is 0 Å². The van der Waals surface area contributed by atoms with Crippen LogP contribution in [0, 0.1) is 28.1 Å². The Bertz CT molecular complexity index is 586. The van der Waals surface area contributed by atoms with E-state index >= 15 is 0 Å². The Kier molecular flexibility index (Phi) is 53.2. The molecule has 0 saturated heterocycles. The molecule has 4 aliphatic carbocycles. The first-order valence-corrected chi connectivity index (χ1v) is 9.30. The van der Waals surface area contributed by atoms with Crippen LogP contribution >= 0.6 is 0 Å². The number of hydrogen-bond donors (Lipinski definition) is 2. The molecular weight excluding hydrogens is 480 g/mol. The second kappa shape index (κ2) is 24.9. The Morgan fingerprint density at radius 1 is 0.692 bits per heavy atom. The first-order chi connectivity index (χ1) is 10.7. The summed E-state index contributed by atoms with van der Waals surface area (Å²) in [6.45, 7) is 8.55. The van der Waals surface area contributed by atoms with Crippen LogP contribution < -0.4 is 0 Å². The third-order valence-corrected chi connectivity index (χ3v) is 8.65. The van der Waals surface area contributed by atoms with Gasteiger partial charge in [-0.15, -0.1) is 0 Å². The van der Waals surface area contributed by atoms with Crippen LogP contribution in [-0.4, -0.2) is 21.8 Å². The van der Waals surface area contributed by atoms with Crippen LogP contribution in [-0.2, 0) is 4.79 Å². The highest BCUT2D eigenvalue weighted by Crippen LogP contribution is 2.72. The van der Waals surface area contributed by atoms with E-state index in [1.165, 1.54) is 0 Å². The first kappa shape index (κ1) is 83.2. The summed E-state index contributed by atoms with van der Waals surface area (Å²) in [4.78, 5) is 12.0. The number of carboxylic acid groups (broad SMARTS) is 1. The number of aliphatic carboxylic acids is 1. The lowest BCUT2D eigenvalue weighted by atomic mass is 9.41. The lowest BCUT2D eigenvalue weighted by Crippen LogP contribution is -2.59. The fourth-order valence-corrected chi connectivity index (χ4v) is 7.61. The highest BCUT2D eigenvalue weighted by Gasteiger charge is 2.67. The number of carboxylic acids is 1. The van der Waals surface area contributed by atoms with E-state index in [-0.39, 0.29) is 136 Å². The lowest BCUT2D eigenvalue weighted by Gasteiger charge is -2.63. The van der Waals surface area contributed by atoms with E-state index in [1.54, 1.807) is 0 Å². The summed E-state index contributed by atoms with van der Waals surface area (Å²) >= 11 is 0. The molecule has 2 unspecified atom stereocenters. The summed E-state index contributed by atoms with van der Waals surface area (Å²) in [5.41, 5.74) is 0.128. The Morgan fingerprint density at radius 2 is 1.10 bits per heavy atom. The second-order valence-corrected chi connectivity index (χ2v) is 9.62. The fourth-order valence-electron chi connectivity index (χ4n) is 7.61. The maximum Gasteiger partial charge on any atom is 0.309 e. The van der Waals surface area contributed by atoms with Crippen LogP contribution in [0.25, 0.3) is 0 Å². The SMILES string of the molecule is C.C.C.C.C.C.C.C.C.C.C.C.C.C.C.C.C=C1C[C@@]23CCC4[C@](C)(C(=O)O)CCC[C@@]4(C)[C@@H]2CCC1(O)C3. The van der Waals surface area contributed by atoms with Gasteiger partial charge in [0.15, 0.2) is 0 Å². The standard InChI is InChI=1S/C20H30O3.16CH4/c1-13-11-19-9-5-14-17(2,7-4-8-18(14,3)16(21)22)15(19)6-10-20(13,23)12-19;;;;;;;;;;;;;;;;/h14-15,23H,1,4-12H2,2-3H3,(H,21,22);16*1H4/t14?,15-,17+,18+,19+,20?;;;;;;;;;;;;;;;;/m0................/s1. The van der Waals surface area contributed by atoms with E-state index < -0.39 is 17.0 Å². The Labute approximate surface area is 257 Å². The molecule has 2 bridgehead atoms. The third-order valence-electron chi connectivity index (χ3n) is 8.65. The molecule has 4 fully saturated rings. The fraction of sp³-hybridized carbons (Fsp3) is 0.917. The summed E-state index contributed by atoms with van der Waals surface area (Å²) in [6.07, 6.45) is 8.75. The van der Waals surface area contributed by atoms with E-state index in [0.29, 0.717) is 5.92 Å². The largest absolute Gasteiger partial charge is 0.481 e. The third kappa shape index (κ3) is 10.5. The van der Waals surface area contributed by atoms with E-state index in [9.17, 15) is 15.0 Å². The van der Waals surface area contributed by atoms with E-state index in [0.717, 1.165) is 63.4 Å². The van der Waals surface area contributed by atoms with Gasteiger partial charge in [-0.2, -0.15) is 0 Å². The Hall–Kier alpha value is -0.830. The molecule has 4 saturated carbocycles. The lowest BCUT2D eigenvalue weighted by molar-refractivity contribution is -0.186. The molecule has 4 aliphatic rings. The van der Waals surface area contributed by atoms with Crippen molar-refractivity contribution in [3.8, 4) is 0 Å². The van der Waals surface area contributed by atoms with Crippen molar-refractivity contribution in [1.29, 1.82) is 0 Å². The molecule has 0 aliphatic heterocycles. The zero-order valence-electron chi connectivity index (χ0n) is 14.5. The molecule has 4 rings (SSSR count). The van der Waals surface area contributed by atoms with Crippen molar-refractivity contribution >= 4 is 5.97 Å². The van der Waals surface area contributed by atoms with Crippen molar-refractivity contribution in [1.82, 2.24) is 0 Å². The van der Waals surface area contributed by atoms with Crippen LogP contribution in [0.4, 0.5) is 0 Å². The summed E-state index contributed by atoms with van der Waals surface area (Å²) < 4.78 is 0. The number of fused-ring (bicyclic) bond motifs is 3. The van der Waals surface area contributed by atoms with Gasteiger partial charge in [0.2, 0.25) is 0 Å². The molecule has 2 N–H and O–H groups in total. The number of aliphatic hydroxyl groups is 1. The molecule has 0 aromatic heterocycles. The first-order valence-electron chi connectivity index (χ1n) is 9.30. The van der Waals surface area contributed by atoms with Crippen molar-refractivity contribution in [3.05, 3.63) is 12.2 Å².